The van der Waals surface area contributed by atoms with Crippen LogP contribution in [0.2, 0.25) is 0 Å². The maximum absolute atomic E-state index is 12.7. The van der Waals surface area contributed by atoms with Gasteiger partial charge in [-0.2, -0.15) is 0 Å². The van der Waals surface area contributed by atoms with E-state index in [-0.39, 0.29) is 23.6 Å². The molecule has 7 heteroatoms. The van der Waals surface area contributed by atoms with E-state index in [1.54, 1.807) is 36.2 Å². The zero-order chi connectivity index (χ0) is 18.8. The number of nitrogens with zero attached hydrogens (tertiary/aromatic N) is 3. The lowest BCUT2D eigenvalue weighted by molar-refractivity contribution is 0.0131. The van der Waals surface area contributed by atoms with Crippen molar-refractivity contribution >= 4 is 12.0 Å². The summed E-state index contributed by atoms with van der Waals surface area (Å²) in [5, 5.41) is 0. The van der Waals surface area contributed by atoms with Crippen LogP contribution in [0.3, 0.4) is 0 Å². The monoisotopic (exact) mass is 349 g/mol. The molecular weight excluding hydrogens is 322 g/mol. The number of carbonyl (C=O) groups is 2. The fourth-order valence-corrected chi connectivity index (χ4v) is 2.80. The van der Waals surface area contributed by atoms with Crippen LogP contribution in [-0.2, 0) is 11.8 Å². The number of aryl methyl sites for hydroxylation is 1. The van der Waals surface area contributed by atoms with Crippen molar-refractivity contribution in [1.82, 2.24) is 14.4 Å². The predicted octanol–water partition coefficient (Wildman–Crippen LogP) is 1.86. The van der Waals surface area contributed by atoms with E-state index in [0.29, 0.717) is 18.7 Å². The van der Waals surface area contributed by atoms with E-state index < -0.39 is 5.60 Å². The van der Waals surface area contributed by atoms with Gasteiger partial charge in [-0.05, 0) is 39.7 Å². The van der Waals surface area contributed by atoms with Crippen LogP contribution in [0.5, 0.6) is 0 Å². The van der Waals surface area contributed by atoms with Crippen LogP contribution < -0.4 is 5.56 Å². The molecule has 1 aromatic heterocycles. The third-order valence-electron chi connectivity index (χ3n) is 4.26. The smallest absolute Gasteiger partial charge is 0.410 e. The number of pyridine rings is 1. The van der Waals surface area contributed by atoms with Gasteiger partial charge in [-0.25, -0.2) is 4.79 Å². The van der Waals surface area contributed by atoms with Gasteiger partial charge in [0.15, 0.2) is 0 Å². The Labute approximate surface area is 148 Å². The number of hydrogen-bond acceptors (Lipinski definition) is 4. The fraction of sp³-hybridized carbons (Fsp3) is 0.611. The van der Waals surface area contributed by atoms with E-state index in [0.717, 1.165) is 12.8 Å². The van der Waals surface area contributed by atoms with E-state index in [4.69, 9.17) is 4.74 Å². The van der Waals surface area contributed by atoms with Crippen LogP contribution >= 0.6 is 0 Å². The molecule has 2 heterocycles. The SMILES string of the molecule is CN(C(=O)OC(C)(C)C)[C@@H]1CCCN(C(=O)c2ccn(C)c(=O)c2)C1. The number of likely N-dealkylation sites (N-methyl/N-ethyl adjacent to an activating group) is 1. The maximum atomic E-state index is 12.7. The zero-order valence-electron chi connectivity index (χ0n) is 15.6. The van der Waals surface area contributed by atoms with E-state index in [2.05, 4.69) is 0 Å². The van der Waals surface area contributed by atoms with Gasteiger partial charge in [-0.3, -0.25) is 9.59 Å². The summed E-state index contributed by atoms with van der Waals surface area (Å²) in [6, 6.07) is 2.90. The van der Waals surface area contributed by atoms with Crippen molar-refractivity contribution in [2.45, 2.75) is 45.3 Å². The highest BCUT2D eigenvalue weighted by atomic mass is 16.6. The van der Waals surface area contributed by atoms with Crippen molar-refractivity contribution < 1.29 is 14.3 Å². The summed E-state index contributed by atoms with van der Waals surface area (Å²) >= 11 is 0. The van der Waals surface area contributed by atoms with Crippen molar-refractivity contribution in [3.8, 4) is 0 Å². The quantitative estimate of drug-likeness (QED) is 0.817. The molecule has 0 spiro atoms. The maximum Gasteiger partial charge on any atom is 0.410 e. The molecule has 138 valence electrons. The second-order valence-electron chi connectivity index (χ2n) is 7.50. The summed E-state index contributed by atoms with van der Waals surface area (Å²) in [5.74, 6) is -0.181. The third kappa shape index (κ3) is 4.84. The van der Waals surface area contributed by atoms with Crippen LogP contribution in [0, 0.1) is 0 Å². The van der Waals surface area contributed by atoms with Gasteiger partial charge < -0.3 is 19.1 Å². The molecule has 25 heavy (non-hydrogen) atoms. The molecule has 0 N–H and O–H groups in total. The van der Waals surface area contributed by atoms with Gasteiger partial charge in [0.05, 0.1) is 6.04 Å². The third-order valence-corrected chi connectivity index (χ3v) is 4.26. The van der Waals surface area contributed by atoms with E-state index in [1.807, 2.05) is 20.8 Å². The summed E-state index contributed by atoms with van der Waals surface area (Å²) in [6.45, 7) is 6.53. The summed E-state index contributed by atoms with van der Waals surface area (Å²) in [5.41, 5.74) is -0.395. The molecule has 0 aliphatic carbocycles. The second kappa shape index (κ2) is 7.29. The molecule has 1 aliphatic rings. The molecule has 1 fully saturated rings. The molecule has 1 saturated heterocycles. The number of hydrogen-bond donors (Lipinski definition) is 0. The molecule has 2 rings (SSSR count). The lowest BCUT2D eigenvalue weighted by Gasteiger charge is -2.38. The number of ether oxygens (including phenoxy) is 1. The average molecular weight is 349 g/mol. The first-order valence-corrected chi connectivity index (χ1v) is 8.50. The summed E-state index contributed by atoms with van der Waals surface area (Å²) in [7, 11) is 3.34. The second-order valence-corrected chi connectivity index (χ2v) is 7.50. The largest absolute Gasteiger partial charge is 0.444 e. The molecule has 1 aliphatic heterocycles. The molecule has 0 aromatic carbocycles. The number of amides is 2. The topological polar surface area (TPSA) is 71.8 Å². The molecule has 0 radical (unpaired) electrons. The Kier molecular flexibility index (Phi) is 5.55. The molecule has 1 atom stereocenters. The Morgan fingerprint density at radius 2 is 2.00 bits per heavy atom. The molecule has 0 unspecified atom stereocenters. The Bertz CT molecular complexity index is 705. The Morgan fingerprint density at radius 3 is 2.60 bits per heavy atom. The first-order chi connectivity index (χ1) is 11.6. The molecule has 0 bridgehead atoms. The van der Waals surface area contributed by atoms with E-state index in [1.165, 1.54) is 10.6 Å². The zero-order valence-corrected chi connectivity index (χ0v) is 15.6. The molecule has 1 aromatic rings. The van der Waals surface area contributed by atoms with Crippen molar-refractivity contribution in [2.24, 2.45) is 7.05 Å². The standard InChI is InChI=1S/C18H27N3O4/c1-18(2,3)25-17(24)20(5)14-7-6-9-21(12-14)16(23)13-8-10-19(4)15(22)11-13/h8,10-11,14H,6-7,9,12H2,1-5H3/t14-/m1/s1. The van der Waals surface area contributed by atoms with Gasteiger partial charge in [-0.1, -0.05) is 0 Å². The van der Waals surface area contributed by atoms with Crippen LogP contribution in [-0.4, -0.2) is 58.1 Å². The average Bonchev–Trinajstić information content (AvgIpc) is 2.54. The van der Waals surface area contributed by atoms with Crippen LogP contribution in [0.15, 0.2) is 23.1 Å². The minimum Gasteiger partial charge on any atom is -0.444 e. The van der Waals surface area contributed by atoms with Gasteiger partial charge >= 0.3 is 6.09 Å². The highest BCUT2D eigenvalue weighted by molar-refractivity contribution is 5.94. The predicted molar refractivity (Wildman–Crippen MR) is 94.6 cm³/mol. The molecular formula is C18H27N3O4. The van der Waals surface area contributed by atoms with Gasteiger partial charge in [0.2, 0.25) is 0 Å². The normalized spacial score (nSPS) is 18.0. The minimum atomic E-state index is -0.556. The van der Waals surface area contributed by atoms with Gasteiger partial charge in [0.25, 0.3) is 11.5 Å². The number of rotatable bonds is 2. The number of piperidine rings is 1. The molecule has 7 nitrogen and oxygen atoms in total. The minimum absolute atomic E-state index is 0.0981. The van der Waals surface area contributed by atoms with Gasteiger partial charge in [-0.15, -0.1) is 0 Å². The summed E-state index contributed by atoms with van der Waals surface area (Å²) in [4.78, 5) is 39.9. The van der Waals surface area contributed by atoms with Crippen molar-refractivity contribution in [1.29, 1.82) is 0 Å². The van der Waals surface area contributed by atoms with Crippen molar-refractivity contribution in [3.63, 3.8) is 0 Å². The molecule has 0 saturated carbocycles. The first kappa shape index (κ1) is 19.0. The first-order valence-electron chi connectivity index (χ1n) is 8.50. The van der Waals surface area contributed by atoms with E-state index in [9.17, 15) is 14.4 Å². The fourth-order valence-electron chi connectivity index (χ4n) is 2.80. The highest BCUT2D eigenvalue weighted by Crippen LogP contribution is 2.19. The Balaban J connectivity index is 2.07. The Morgan fingerprint density at radius 1 is 1.32 bits per heavy atom. The lowest BCUT2D eigenvalue weighted by atomic mass is 10.0. The summed E-state index contributed by atoms with van der Waals surface area (Å²) in [6.07, 6.45) is 2.81. The van der Waals surface area contributed by atoms with Crippen LogP contribution in [0.25, 0.3) is 0 Å². The van der Waals surface area contributed by atoms with Gasteiger partial charge in [0, 0.05) is 45.0 Å². The number of aromatic nitrogens is 1. The number of carbonyl (C=O) groups excluding carboxylic acids is 2. The molecule has 2 amide bonds. The lowest BCUT2D eigenvalue weighted by Crippen LogP contribution is -2.51. The van der Waals surface area contributed by atoms with Crippen LogP contribution in [0.1, 0.15) is 44.0 Å². The van der Waals surface area contributed by atoms with E-state index >= 15 is 0 Å². The Hall–Kier alpha value is -2.31. The van der Waals surface area contributed by atoms with Crippen molar-refractivity contribution in [2.75, 3.05) is 20.1 Å². The van der Waals surface area contributed by atoms with Crippen LogP contribution in [0.4, 0.5) is 4.79 Å². The van der Waals surface area contributed by atoms with Crippen molar-refractivity contribution in [3.05, 3.63) is 34.2 Å². The van der Waals surface area contributed by atoms with Gasteiger partial charge in [0.1, 0.15) is 5.60 Å². The highest BCUT2D eigenvalue weighted by Gasteiger charge is 2.31. The summed E-state index contributed by atoms with van der Waals surface area (Å²) < 4.78 is 6.82. The number of likely N-dealkylation sites (tertiary alicyclic amines) is 1.